The number of aryl methyl sites for hydroxylation is 1. The van der Waals surface area contributed by atoms with Crippen LogP contribution in [0.15, 0.2) is 29.2 Å². The second-order valence-electron chi connectivity index (χ2n) is 19.5. The summed E-state index contributed by atoms with van der Waals surface area (Å²) < 4.78 is 33.6. The van der Waals surface area contributed by atoms with Gasteiger partial charge in [0.15, 0.2) is 0 Å². The Kier molecular flexibility index (Phi) is 49.7. The van der Waals surface area contributed by atoms with Crippen LogP contribution in [0.25, 0.3) is 0 Å². The zero-order chi connectivity index (χ0) is 43.1. The van der Waals surface area contributed by atoms with Gasteiger partial charge < -0.3 is 4.55 Å². The fourth-order valence-corrected chi connectivity index (χ4v) is 9.93. The molecule has 0 atom stereocenters. The summed E-state index contributed by atoms with van der Waals surface area (Å²) in [5.74, 6) is 0. The van der Waals surface area contributed by atoms with E-state index in [1.54, 1.807) is 6.07 Å². The quantitative estimate of drug-likeness (QED) is 0.0372. The standard InChI is InChI=1S/C56H106O3S.Na/c1-2-3-4-5-6-7-8-9-10-11-12-13-14-15-16-17-18-19-20-21-22-23-24-25-26-27-28-29-30-31-32-33-34-35-36-37-38-39-40-41-42-43-44-45-46-47-48-49-51-55-52-50-53-56(54-55)60(57,58)59;/h50,52-54H,2-49,51H2,1H3,(H,57,58,59);/q;+1/p-1. The Morgan fingerprint density at radius 1 is 0.328 bits per heavy atom. The smallest absolute Gasteiger partial charge is 0.744 e. The maximum absolute atomic E-state index is 11.2. The van der Waals surface area contributed by atoms with Crippen LogP contribution in [0, 0.1) is 0 Å². The second kappa shape index (κ2) is 49.6. The van der Waals surface area contributed by atoms with Gasteiger partial charge in [0.2, 0.25) is 0 Å². The Morgan fingerprint density at radius 2 is 0.525 bits per heavy atom. The van der Waals surface area contributed by atoms with Crippen LogP contribution in [0.3, 0.4) is 0 Å². The number of benzene rings is 1. The number of unbranched alkanes of at least 4 members (excludes halogenated alkanes) is 47. The fraction of sp³-hybridized carbons (Fsp3) is 0.893. The normalized spacial score (nSPS) is 11.7. The summed E-state index contributed by atoms with van der Waals surface area (Å²) in [5, 5.41) is 0. The van der Waals surface area contributed by atoms with Gasteiger partial charge in [0.1, 0.15) is 10.1 Å². The molecule has 0 heterocycles. The molecule has 1 aromatic carbocycles. The third-order valence-corrected chi connectivity index (χ3v) is 14.3. The summed E-state index contributed by atoms with van der Waals surface area (Å²) in [7, 11) is -4.35. The predicted octanol–water partition coefficient (Wildman–Crippen LogP) is 16.9. The van der Waals surface area contributed by atoms with E-state index in [0.717, 1.165) is 18.4 Å². The van der Waals surface area contributed by atoms with E-state index in [4.69, 9.17) is 0 Å². The Balaban J connectivity index is 0.0000360. The topological polar surface area (TPSA) is 57.2 Å². The van der Waals surface area contributed by atoms with Crippen LogP contribution >= 0.6 is 0 Å². The molecule has 0 radical (unpaired) electrons. The summed E-state index contributed by atoms with van der Waals surface area (Å²) in [6, 6.07) is 6.52. The first-order chi connectivity index (χ1) is 29.5. The Bertz CT molecular complexity index is 1090. The van der Waals surface area contributed by atoms with Crippen molar-refractivity contribution in [3.63, 3.8) is 0 Å². The van der Waals surface area contributed by atoms with Crippen molar-refractivity contribution >= 4 is 10.1 Å². The van der Waals surface area contributed by atoms with Crippen LogP contribution in [0.1, 0.15) is 321 Å². The summed E-state index contributed by atoms with van der Waals surface area (Å²) in [6.07, 6.45) is 69.9. The average Bonchev–Trinajstić information content (AvgIpc) is 3.24. The molecule has 0 spiro atoms. The van der Waals surface area contributed by atoms with Gasteiger partial charge in [-0.1, -0.05) is 321 Å². The minimum atomic E-state index is -4.35. The molecule has 61 heavy (non-hydrogen) atoms. The predicted molar refractivity (Wildman–Crippen MR) is 265 cm³/mol. The van der Waals surface area contributed by atoms with E-state index in [2.05, 4.69) is 6.92 Å². The largest absolute Gasteiger partial charge is 1.00 e. The van der Waals surface area contributed by atoms with Gasteiger partial charge in [0.25, 0.3) is 0 Å². The van der Waals surface area contributed by atoms with Gasteiger partial charge in [-0.2, -0.15) is 0 Å². The van der Waals surface area contributed by atoms with Crippen LogP contribution < -0.4 is 29.6 Å². The summed E-state index contributed by atoms with van der Waals surface area (Å²) >= 11 is 0. The number of rotatable bonds is 50. The van der Waals surface area contributed by atoms with Crippen molar-refractivity contribution in [3.8, 4) is 0 Å². The summed E-state index contributed by atoms with van der Waals surface area (Å²) in [4.78, 5) is -0.104. The molecule has 1 rings (SSSR count). The molecule has 0 aliphatic rings. The molecule has 0 unspecified atom stereocenters. The fourth-order valence-electron chi connectivity index (χ4n) is 9.39. The van der Waals surface area contributed by atoms with E-state index in [-0.39, 0.29) is 34.5 Å². The van der Waals surface area contributed by atoms with Crippen LogP contribution in [0.2, 0.25) is 0 Å². The SMILES string of the molecule is CCCCCCCCCCCCCCCCCCCCCCCCCCCCCCCCCCCCCCCCCCCCCCCCCCc1cccc(S(=O)(=O)[O-])c1.[Na+]. The third-order valence-electron chi connectivity index (χ3n) is 13.5. The van der Waals surface area contributed by atoms with E-state index < -0.39 is 10.1 Å². The van der Waals surface area contributed by atoms with Crippen molar-refractivity contribution in [1.82, 2.24) is 0 Å². The van der Waals surface area contributed by atoms with E-state index in [1.165, 1.54) is 314 Å². The molecule has 5 heteroatoms. The molecule has 0 amide bonds. The molecule has 0 bridgehead atoms. The van der Waals surface area contributed by atoms with Crippen molar-refractivity contribution in [2.75, 3.05) is 0 Å². The Morgan fingerprint density at radius 3 is 0.721 bits per heavy atom. The zero-order valence-corrected chi connectivity index (χ0v) is 44.4. The van der Waals surface area contributed by atoms with Gasteiger partial charge in [-0.15, -0.1) is 0 Å². The molecule has 0 aliphatic carbocycles. The Hall–Kier alpha value is 0.130. The van der Waals surface area contributed by atoms with Crippen molar-refractivity contribution < 1.29 is 42.5 Å². The van der Waals surface area contributed by atoms with Crippen molar-refractivity contribution in [2.24, 2.45) is 0 Å². The molecule has 1 aromatic rings. The van der Waals surface area contributed by atoms with Crippen LogP contribution in [0.4, 0.5) is 0 Å². The molecule has 0 fully saturated rings. The molecular weight excluding hydrogens is 776 g/mol. The average molecular weight is 882 g/mol. The molecule has 0 saturated carbocycles. The second-order valence-corrected chi connectivity index (χ2v) is 20.8. The molecule has 0 aromatic heterocycles. The maximum atomic E-state index is 11.2. The summed E-state index contributed by atoms with van der Waals surface area (Å²) in [6.45, 7) is 2.31. The van der Waals surface area contributed by atoms with Gasteiger partial charge in [0, 0.05) is 0 Å². The molecule has 0 N–H and O–H groups in total. The third kappa shape index (κ3) is 46.5. The monoisotopic (exact) mass is 881 g/mol. The van der Waals surface area contributed by atoms with E-state index in [1.807, 2.05) is 6.07 Å². The minimum absolute atomic E-state index is 0. The molecule has 0 aliphatic heterocycles. The first kappa shape index (κ1) is 61.1. The molecular formula is C56H105NaO3S. The van der Waals surface area contributed by atoms with Crippen molar-refractivity contribution in [2.45, 2.75) is 326 Å². The Labute approximate surface area is 406 Å². The van der Waals surface area contributed by atoms with Crippen molar-refractivity contribution in [3.05, 3.63) is 29.8 Å². The van der Waals surface area contributed by atoms with E-state index in [9.17, 15) is 13.0 Å². The van der Waals surface area contributed by atoms with Gasteiger partial charge in [0.05, 0.1) is 4.90 Å². The molecule has 354 valence electrons. The van der Waals surface area contributed by atoms with Crippen LogP contribution in [-0.2, 0) is 16.5 Å². The van der Waals surface area contributed by atoms with Gasteiger partial charge >= 0.3 is 29.6 Å². The first-order valence-electron chi connectivity index (χ1n) is 27.6. The first-order valence-corrected chi connectivity index (χ1v) is 29.0. The number of hydrogen-bond donors (Lipinski definition) is 0. The number of hydrogen-bond acceptors (Lipinski definition) is 3. The summed E-state index contributed by atoms with van der Waals surface area (Å²) in [5.41, 5.74) is 0.953. The van der Waals surface area contributed by atoms with Crippen LogP contribution in [0.5, 0.6) is 0 Å². The van der Waals surface area contributed by atoms with Gasteiger partial charge in [-0.25, -0.2) is 8.42 Å². The van der Waals surface area contributed by atoms with E-state index >= 15 is 0 Å². The van der Waals surface area contributed by atoms with Gasteiger partial charge in [-0.3, -0.25) is 0 Å². The van der Waals surface area contributed by atoms with Crippen LogP contribution in [-0.4, -0.2) is 13.0 Å². The molecule has 0 saturated heterocycles. The molecule has 3 nitrogen and oxygen atoms in total. The maximum Gasteiger partial charge on any atom is 1.00 e. The van der Waals surface area contributed by atoms with E-state index in [0.29, 0.717) is 0 Å². The minimum Gasteiger partial charge on any atom is -0.744 e. The van der Waals surface area contributed by atoms with Gasteiger partial charge in [-0.05, 0) is 30.5 Å². The zero-order valence-electron chi connectivity index (χ0n) is 41.6. The van der Waals surface area contributed by atoms with Crippen molar-refractivity contribution in [1.29, 1.82) is 0 Å².